The smallest absolute Gasteiger partial charge is 0.191 e. The van der Waals surface area contributed by atoms with Gasteiger partial charge in [-0.15, -0.1) is 0 Å². The van der Waals surface area contributed by atoms with Gasteiger partial charge in [-0.25, -0.2) is 4.99 Å². The lowest BCUT2D eigenvalue weighted by molar-refractivity contribution is 0.0513. The summed E-state index contributed by atoms with van der Waals surface area (Å²) in [5, 5.41) is 18.4. The van der Waals surface area contributed by atoms with E-state index >= 15 is 0 Å². The highest BCUT2D eigenvalue weighted by atomic mass is 35.5. The van der Waals surface area contributed by atoms with Gasteiger partial charge in [-0.1, -0.05) is 54.1 Å². The first-order valence-corrected chi connectivity index (χ1v) is 11.0. The highest BCUT2D eigenvalue weighted by Gasteiger charge is 2.35. The van der Waals surface area contributed by atoms with Gasteiger partial charge in [0.1, 0.15) is 5.60 Å². The number of hydrogen-bond donors (Lipinski definition) is 3. The third-order valence-corrected chi connectivity index (χ3v) is 6.00. The minimum atomic E-state index is -1.03. The van der Waals surface area contributed by atoms with Crippen LogP contribution in [0.5, 0.6) is 0 Å². The van der Waals surface area contributed by atoms with Crippen LogP contribution in [0.1, 0.15) is 37.8 Å². The molecule has 1 fully saturated rings. The minimum absolute atomic E-state index is 0.0682. The molecule has 0 saturated carbocycles. The summed E-state index contributed by atoms with van der Waals surface area (Å²) in [5.74, 6) is 0.696. The molecule has 0 amide bonds. The topological polar surface area (TPSA) is 65.9 Å². The number of rotatable bonds is 7. The van der Waals surface area contributed by atoms with Crippen molar-refractivity contribution in [2.75, 3.05) is 32.8 Å². The molecule has 2 aromatic carbocycles. The molecular formula is C24H32ClN3O2. The van der Waals surface area contributed by atoms with Crippen molar-refractivity contribution in [1.29, 1.82) is 0 Å². The predicted molar refractivity (Wildman–Crippen MR) is 123 cm³/mol. The molecule has 0 radical (unpaired) electrons. The van der Waals surface area contributed by atoms with Gasteiger partial charge in [-0.3, -0.25) is 0 Å². The van der Waals surface area contributed by atoms with Crippen molar-refractivity contribution in [3.63, 3.8) is 0 Å². The fourth-order valence-corrected chi connectivity index (χ4v) is 4.05. The number of nitrogens with zero attached hydrogens (tertiary/aromatic N) is 1. The zero-order valence-corrected chi connectivity index (χ0v) is 18.6. The molecule has 0 aromatic heterocycles. The van der Waals surface area contributed by atoms with Gasteiger partial charge < -0.3 is 20.5 Å². The number of hydrogen-bond acceptors (Lipinski definition) is 3. The summed E-state index contributed by atoms with van der Waals surface area (Å²) in [6, 6.07) is 17.7. The van der Waals surface area contributed by atoms with Crippen LogP contribution >= 0.6 is 11.6 Å². The summed E-state index contributed by atoms with van der Waals surface area (Å²) in [7, 11) is 0. The molecule has 1 unspecified atom stereocenters. The normalized spacial score (nSPS) is 18.5. The van der Waals surface area contributed by atoms with Crippen molar-refractivity contribution in [3.05, 3.63) is 70.7 Å². The van der Waals surface area contributed by atoms with Crippen molar-refractivity contribution in [2.24, 2.45) is 4.99 Å². The molecule has 5 nitrogen and oxygen atoms in total. The van der Waals surface area contributed by atoms with E-state index in [-0.39, 0.29) is 12.0 Å². The van der Waals surface area contributed by atoms with Crippen LogP contribution in [0, 0.1) is 0 Å². The molecule has 3 rings (SSSR count). The van der Waals surface area contributed by atoms with E-state index in [2.05, 4.69) is 27.8 Å². The van der Waals surface area contributed by atoms with Crippen LogP contribution in [0.3, 0.4) is 0 Å². The number of aliphatic imine (C=N–C) groups is 1. The summed E-state index contributed by atoms with van der Waals surface area (Å²) in [5.41, 5.74) is 0.969. The Bertz CT molecular complexity index is 833. The zero-order chi connectivity index (χ0) is 21.5. The van der Waals surface area contributed by atoms with Crippen molar-refractivity contribution in [1.82, 2.24) is 10.6 Å². The zero-order valence-electron chi connectivity index (χ0n) is 17.8. The van der Waals surface area contributed by atoms with Crippen molar-refractivity contribution >= 4 is 17.6 Å². The Balaban J connectivity index is 1.75. The molecule has 30 heavy (non-hydrogen) atoms. The fraction of sp³-hybridized carbons (Fsp3) is 0.458. The molecule has 0 aliphatic carbocycles. The Kier molecular flexibility index (Phi) is 7.75. The average Bonchev–Trinajstić information content (AvgIpc) is 2.77. The van der Waals surface area contributed by atoms with Gasteiger partial charge in [-0.2, -0.15) is 0 Å². The van der Waals surface area contributed by atoms with Crippen LogP contribution in [0.4, 0.5) is 0 Å². The largest absolute Gasteiger partial charge is 0.384 e. The second-order valence-corrected chi connectivity index (χ2v) is 8.53. The van der Waals surface area contributed by atoms with Crippen molar-refractivity contribution in [3.8, 4) is 0 Å². The van der Waals surface area contributed by atoms with Gasteiger partial charge in [0.05, 0.1) is 6.54 Å². The first-order valence-electron chi connectivity index (χ1n) is 10.6. The highest BCUT2D eigenvalue weighted by Crippen LogP contribution is 2.35. The minimum Gasteiger partial charge on any atom is -0.384 e. The standard InChI is InChI=1S/C24H32ClN3O2/c1-3-26-22(27-17-23(2,29)19-8-5-4-6-9-19)28-18-24(12-14-30-15-13-24)20-10-7-11-21(25)16-20/h4-11,16,29H,3,12-15,17-18H2,1-2H3,(H2,26,27,28). The Morgan fingerprint density at radius 1 is 1.13 bits per heavy atom. The molecule has 1 heterocycles. The van der Waals surface area contributed by atoms with E-state index in [1.54, 1.807) is 6.92 Å². The molecular weight excluding hydrogens is 398 g/mol. The number of ether oxygens (including phenoxy) is 1. The third-order valence-electron chi connectivity index (χ3n) is 5.77. The number of aliphatic hydroxyl groups is 1. The molecule has 162 valence electrons. The van der Waals surface area contributed by atoms with Crippen LogP contribution in [-0.4, -0.2) is 43.9 Å². The monoisotopic (exact) mass is 429 g/mol. The van der Waals surface area contributed by atoms with E-state index in [0.29, 0.717) is 5.96 Å². The van der Waals surface area contributed by atoms with Gasteiger partial charge in [0.25, 0.3) is 0 Å². The molecule has 3 N–H and O–H groups in total. The van der Waals surface area contributed by atoms with E-state index in [0.717, 1.165) is 49.7 Å². The van der Waals surface area contributed by atoms with Gasteiger partial charge >= 0.3 is 0 Å². The molecule has 1 saturated heterocycles. The summed E-state index contributed by atoms with van der Waals surface area (Å²) in [6.07, 6.45) is 1.84. The highest BCUT2D eigenvalue weighted by molar-refractivity contribution is 6.30. The first kappa shape index (κ1) is 22.6. The predicted octanol–water partition coefficient (Wildman–Crippen LogP) is 3.85. The van der Waals surface area contributed by atoms with E-state index in [9.17, 15) is 5.11 Å². The maximum absolute atomic E-state index is 10.9. The molecule has 0 spiro atoms. The average molecular weight is 430 g/mol. The Morgan fingerprint density at radius 2 is 1.87 bits per heavy atom. The second kappa shape index (κ2) is 10.3. The Morgan fingerprint density at radius 3 is 2.53 bits per heavy atom. The van der Waals surface area contributed by atoms with Crippen LogP contribution in [0.2, 0.25) is 5.02 Å². The van der Waals surface area contributed by atoms with Crippen LogP contribution in [-0.2, 0) is 15.8 Å². The van der Waals surface area contributed by atoms with Gasteiger partial charge in [-0.05, 0) is 49.9 Å². The number of guanidine groups is 1. The number of nitrogens with one attached hydrogen (secondary N) is 2. The Hall–Kier alpha value is -2.08. The summed E-state index contributed by atoms with van der Waals surface area (Å²) >= 11 is 6.28. The van der Waals surface area contributed by atoms with E-state index in [1.165, 1.54) is 5.56 Å². The molecule has 6 heteroatoms. The maximum Gasteiger partial charge on any atom is 0.191 e. The second-order valence-electron chi connectivity index (χ2n) is 8.09. The lowest BCUT2D eigenvalue weighted by Crippen LogP contribution is -2.48. The van der Waals surface area contributed by atoms with E-state index < -0.39 is 5.60 Å². The lowest BCUT2D eigenvalue weighted by Gasteiger charge is -2.38. The molecule has 2 aromatic rings. The maximum atomic E-state index is 10.9. The molecule has 1 atom stereocenters. The van der Waals surface area contributed by atoms with Crippen LogP contribution in [0.15, 0.2) is 59.6 Å². The molecule has 1 aliphatic rings. The van der Waals surface area contributed by atoms with Crippen molar-refractivity contribution < 1.29 is 9.84 Å². The lowest BCUT2D eigenvalue weighted by atomic mass is 9.74. The van der Waals surface area contributed by atoms with Gasteiger partial charge in [0.15, 0.2) is 5.96 Å². The van der Waals surface area contributed by atoms with E-state index in [4.69, 9.17) is 16.3 Å². The Labute approximate surface area is 184 Å². The third kappa shape index (κ3) is 5.75. The SMILES string of the molecule is CCNC(=NCC(C)(O)c1ccccc1)NCC1(c2cccc(Cl)c2)CCOCC1. The van der Waals surface area contributed by atoms with Crippen LogP contribution < -0.4 is 10.6 Å². The number of benzene rings is 2. The van der Waals surface area contributed by atoms with Gasteiger partial charge in [0.2, 0.25) is 0 Å². The number of halogens is 1. The fourth-order valence-electron chi connectivity index (χ4n) is 3.86. The molecule has 0 bridgehead atoms. The van der Waals surface area contributed by atoms with E-state index in [1.807, 2.05) is 49.4 Å². The van der Waals surface area contributed by atoms with Gasteiger partial charge in [0, 0.05) is 36.7 Å². The quantitative estimate of drug-likeness (QED) is 0.462. The summed E-state index contributed by atoms with van der Waals surface area (Å²) in [6.45, 7) is 7.01. The first-order chi connectivity index (χ1) is 14.5. The van der Waals surface area contributed by atoms with Crippen LogP contribution in [0.25, 0.3) is 0 Å². The van der Waals surface area contributed by atoms with Crippen molar-refractivity contribution in [2.45, 2.75) is 37.7 Å². The summed E-state index contributed by atoms with van der Waals surface area (Å²) in [4.78, 5) is 4.68. The summed E-state index contributed by atoms with van der Waals surface area (Å²) < 4.78 is 5.63. The molecule has 1 aliphatic heterocycles.